The summed E-state index contributed by atoms with van der Waals surface area (Å²) in [4.78, 5) is 0. The molecule has 0 aromatic rings. The maximum atomic E-state index is 3.91. The molecule has 1 N–H and O–H groups in total. The largest absolute Gasteiger partial charge is 0.285 e. The van der Waals surface area contributed by atoms with Crippen LogP contribution >= 0.6 is 33.3 Å². The molecule has 0 aliphatic heterocycles. The Hall–Kier alpha value is 1.42. The van der Waals surface area contributed by atoms with Gasteiger partial charge in [-0.3, -0.25) is 5.09 Å². The van der Waals surface area contributed by atoms with Crippen LogP contribution in [0.4, 0.5) is 0 Å². The third-order valence-electron chi connectivity index (χ3n) is 1.14. The van der Waals surface area contributed by atoms with Gasteiger partial charge in [0, 0.05) is 14.0 Å². The zero-order valence-electron chi connectivity index (χ0n) is 8.22. The monoisotopic (exact) mass is 243 g/mol. The van der Waals surface area contributed by atoms with Crippen LogP contribution in [0.2, 0.25) is 0 Å². The van der Waals surface area contributed by atoms with Crippen LogP contribution in [0, 0.1) is 0 Å². The minimum atomic E-state index is -0.0200. The lowest BCUT2D eigenvalue weighted by atomic mass is 10.2. The van der Waals surface area contributed by atoms with E-state index in [1.165, 1.54) is 5.57 Å². The average molecular weight is 243 g/mol. The molecule has 4 unspecified atom stereocenters. The van der Waals surface area contributed by atoms with E-state index in [9.17, 15) is 0 Å². The van der Waals surface area contributed by atoms with Crippen LogP contribution in [0.1, 0.15) is 27.2 Å². The minimum absolute atomic E-state index is 0.0200. The van der Waals surface area contributed by atoms with E-state index in [0.29, 0.717) is 0 Å². The molecule has 0 rings (SSSR count). The van der Waals surface area contributed by atoms with Crippen LogP contribution in [0.5, 0.6) is 0 Å². The van der Waals surface area contributed by atoms with Gasteiger partial charge in [-0.05, 0) is 6.42 Å². The van der Waals surface area contributed by atoms with Gasteiger partial charge in [-0.1, -0.05) is 49.8 Å². The van der Waals surface area contributed by atoms with E-state index < -0.39 is 0 Å². The van der Waals surface area contributed by atoms with Crippen LogP contribution < -0.4 is 5.09 Å². The van der Waals surface area contributed by atoms with E-state index in [1.54, 1.807) is 0 Å². The summed E-state index contributed by atoms with van der Waals surface area (Å²) >= 11 is 0. The fraction of sp³-hybridized carbons (Fsp3) is 0.714. The SMILES string of the molecule is C=C(CC)CNP(P)PP.CC. The fourth-order valence-electron chi connectivity index (χ4n) is 0.368. The molecule has 0 aromatic carbocycles. The molecule has 0 saturated heterocycles. The summed E-state index contributed by atoms with van der Waals surface area (Å²) in [7, 11) is 6.49. The Labute approximate surface area is 84.6 Å². The zero-order valence-corrected chi connectivity index (χ0v) is 12.4. The van der Waals surface area contributed by atoms with Crippen molar-refractivity contribution in [1.29, 1.82) is 0 Å². The lowest BCUT2D eigenvalue weighted by Gasteiger charge is -2.10. The van der Waals surface area contributed by atoms with Gasteiger partial charge in [0.25, 0.3) is 0 Å². The van der Waals surface area contributed by atoms with Crippen molar-refractivity contribution in [1.82, 2.24) is 5.09 Å². The molecule has 0 aromatic heterocycles. The number of hydrogen-bond donors (Lipinski definition) is 1. The molecule has 0 radical (unpaired) electrons. The van der Waals surface area contributed by atoms with E-state index in [4.69, 9.17) is 0 Å². The first kappa shape index (κ1) is 15.9. The van der Waals surface area contributed by atoms with E-state index in [1.807, 2.05) is 13.8 Å². The van der Waals surface area contributed by atoms with Gasteiger partial charge in [-0.25, -0.2) is 0 Å². The van der Waals surface area contributed by atoms with Gasteiger partial charge < -0.3 is 0 Å². The molecular weight excluding hydrogens is 222 g/mol. The topological polar surface area (TPSA) is 12.0 Å². The number of rotatable bonds is 5. The standard InChI is InChI=1S/C5H15NP4.C2H6/c1-3-5(2)4-6-10(8)9-7;1-2/h6,9H,2-4,7-8H2,1H3;1-2H3. The van der Waals surface area contributed by atoms with Gasteiger partial charge in [0.1, 0.15) is 0 Å². The van der Waals surface area contributed by atoms with Crippen molar-refractivity contribution in [3.63, 3.8) is 0 Å². The number of nitrogens with one attached hydrogen (secondary N) is 1. The highest BCUT2D eigenvalue weighted by Gasteiger charge is 1.96. The normalized spacial score (nSPS) is 12.4. The van der Waals surface area contributed by atoms with E-state index in [0.717, 1.165) is 20.9 Å². The first-order chi connectivity index (χ1) is 5.70. The van der Waals surface area contributed by atoms with Gasteiger partial charge >= 0.3 is 0 Å². The summed E-state index contributed by atoms with van der Waals surface area (Å²) in [5.41, 5.74) is 1.29. The van der Waals surface area contributed by atoms with E-state index >= 15 is 0 Å². The smallest absolute Gasteiger partial charge is 0.0203 e. The van der Waals surface area contributed by atoms with Crippen LogP contribution in [0.3, 0.4) is 0 Å². The first-order valence-electron chi connectivity index (χ1n) is 4.12. The highest BCUT2D eigenvalue weighted by molar-refractivity contribution is 8.60. The lowest BCUT2D eigenvalue weighted by Crippen LogP contribution is -2.05. The summed E-state index contributed by atoms with van der Waals surface area (Å²) < 4.78 is 0. The summed E-state index contributed by atoms with van der Waals surface area (Å²) in [5, 5.41) is 3.40. The van der Waals surface area contributed by atoms with Crippen LogP contribution in [-0.2, 0) is 0 Å². The second-order valence-electron chi connectivity index (χ2n) is 1.94. The predicted octanol–water partition coefficient (Wildman–Crippen LogP) is 4.14. The molecule has 0 aliphatic rings. The molecule has 0 saturated carbocycles. The van der Waals surface area contributed by atoms with E-state index in [-0.39, 0.29) is 7.45 Å². The van der Waals surface area contributed by atoms with Crippen LogP contribution in [0.15, 0.2) is 12.2 Å². The Kier molecular flexibility index (Phi) is 16.4. The number of hydrogen-bond acceptors (Lipinski definition) is 1. The van der Waals surface area contributed by atoms with Crippen LogP contribution in [0.25, 0.3) is 0 Å². The van der Waals surface area contributed by atoms with Gasteiger partial charge in [0.15, 0.2) is 0 Å². The van der Waals surface area contributed by atoms with Crippen molar-refractivity contribution in [3.05, 3.63) is 12.2 Å². The molecule has 5 heteroatoms. The van der Waals surface area contributed by atoms with E-state index in [2.05, 4.69) is 36.4 Å². The van der Waals surface area contributed by atoms with Crippen molar-refractivity contribution >= 4 is 33.3 Å². The van der Waals surface area contributed by atoms with Crippen molar-refractivity contribution in [2.24, 2.45) is 0 Å². The highest BCUT2D eigenvalue weighted by atomic mass is 32.6. The third kappa shape index (κ3) is 11.4. The molecule has 0 heterocycles. The Morgan fingerprint density at radius 1 is 1.58 bits per heavy atom. The lowest BCUT2D eigenvalue weighted by molar-refractivity contribution is 0.966. The third-order valence-corrected chi connectivity index (χ3v) is 10.3. The molecule has 1 nitrogen and oxygen atoms in total. The molecule has 0 fully saturated rings. The van der Waals surface area contributed by atoms with Gasteiger partial charge in [-0.2, -0.15) is 0 Å². The summed E-state index contributed by atoms with van der Waals surface area (Å²) in [5.74, 6) is 0. The molecule has 74 valence electrons. The molecular formula is C7H21NP4. The van der Waals surface area contributed by atoms with Gasteiger partial charge in [0.05, 0.1) is 0 Å². The van der Waals surface area contributed by atoms with Gasteiger partial charge in [-0.15, -0.1) is 8.93 Å². The van der Waals surface area contributed by atoms with Crippen molar-refractivity contribution < 1.29 is 0 Å². The second kappa shape index (κ2) is 12.4. The predicted molar refractivity (Wildman–Crippen MR) is 73.4 cm³/mol. The quantitative estimate of drug-likeness (QED) is 0.565. The molecule has 12 heavy (non-hydrogen) atoms. The Balaban J connectivity index is 0. The Morgan fingerprint density at radius 3 is 2.42 bits per heavy atom. The van der Waals surface area contributed by atoms with Crippen molar-refractivity contribution in [3.8, 4) is 0 Å². The zero-order chi connectivity index (χ0) is 9.98. The van der Waals surface area contributed by atoms with Crippen molar-refractivity contribution in [2.45, 2.75) is 27.2 Å². The minimum Gasteiger partial charge on any atom is -0.285 e. The maximum Gasteiger partial charge on any atom is 0.0203 e. The molecule has 4 atom stereocenters. The summed E-state index contributed by atoms with van der Waals surface area (Å²) in [6.07, 6.45) is 1.08. The maximum absolute atomic E-state index is 3.91. The molecule has 0 spiro atoms. The van der Waals surface area contributed by atoms with Crippen LogP contribution in [-0.4, -0.2) is 6.54 Å². The van der Waals surface area contributed by atoms with Crippen molar-refractivity contribution in [2.75, 3.05) is 6.54 Å². The molecule has 0 aliphatic carbocycles. The molecule has 0 amide bonds. The fourth-order valence-corrected chi connectivity index (χ4v) is 2.46. The summed E-state index contributed by atoms with van der Waals surface area (Å²) in [6.45, 7) is 11.0. The Bertz CT molecular complexity index is 108. The molecule has 0 bridgehead atoms. The summed E-state index contributed by atoms with van der Waals surface area (Å²) in [6, 6.07) is 0. The second-order valence-corrected chi connectivity index (χ2v) is 10.9. The van der Waals surface area contributed by atoms with Gasteiger partial charge in [0.2, 0.25) is 0 Å². The highest BCUT2D eigenvalue weighted by Crippen LogP contribution is 2.62. The average Bonchev–Trinajstić information content (AvgIpc) is 2.16. The first-order valence-corrected chi connectivity index (χ1v) is 10.7. The Morgan fingerprint density at radius 2 is 2.08 bits per heavy atom.